The zero-order chi connectivity index (χ0) is 19.6. The molecule has 5 nitrogen and oxygen atoms in total. The fraction of sp³-hybridized carbons (Fsp3) is 0.550. The number of aromatic nitrogens is 3. The van der Waals surface area contributed by atoms with E-state index < -0.39 is 0 Å². The molecule has 3 rings (SSSR count). The van der Waals surface area contributed by atoms with Crippen LogP contribution in [0.5, 0.6) is 0 Å². The highest BCUT2D eigenvalue weighted by molar-refractivity contribution is 8.00. The Kier molecular flexibility index (Phi) is 6.48. The van der Waals surface area contributed by atoms with E-state index in [4.69, 9.17) is 11.6 Å². The van der Waals surface area contributed by atoms with E-state index in [0.29, 0.717) is 27.8 Å². The van der Waals surface area contributed by atoms with E-state index in [0.717, 1.165) is 12.0 Å². The molecule has 0 aliphatic heterocycles. The van der Waals surface area contributed by atoms with Crippen LogP contribution in [0.4, 0.5) is 0 Å². The van der Waals surface area contributed by atoms with E-state index in [1.54, 1.807) is 0 Å². The summed E-state index contributed by atoms with van der Waals surface area (Å²) < 4.78 is 1.89. The maximum absolute atomic E-state index is 12.7. The molecule has 0 spiro atoms. The number of carbonyl (C=O) groups excluding carboxylic acids is 1. The molecule has 1 saturated carbocycles. The summed E-state index contributed by atoms with van der Waals surface area (Å²) in [7, 11) is 1.90. The number of carbonyl (C=O) groups is 1. The number of nitrogens with zero attached hydrogens (tertiary/aromatic N) is 3. The number of rotatable bonds is 5. The van der Waals surface area contributed by atoms with Gasteiger partial charge in [0.2, 0.25) is 5.91 Å². The highest BCUT2D eigenvalue weighted by Crippen LogP contribution is 2.31. The Labute approximate surface area is 170 Å². The van der Waals surface area contributed by atoms with Gasteiger partial charge in [-0.05, 0) is 37.3 Å². The third-order valence-corrected chi connectivity index (χ3v) is 7.10. The van der Waals surface area contributed by atoms with Crippen molar-refractivity contribution in [3.8, 4) is 11.4 Å². The van der Waals surface area contributed by atoms with Gasteiger partial charge in [-0.3, -0.25) is 4.79 Å². The number of halogens is 1. The van der Waals surface area contributed by atoms with Crippen LogP contribution in [0.1, 0.15) is 40.0 Å². The summed E-state index contributed by atoms with van der Waals surface area (Å²) in [5.74, 6) is 1.93. The molecule has 0 saturated heterocycles. The monoisotopic (exact) mass is 406 g/mol. The van der Waals surface area contributed by atoms with Gasteiger partial charge in [-0.2, -0.15) is 0 Å². The third kappa shape index (κ3) is 4.49. The highest BCUT2D eigenvalue weighted by atomic mass is 35.5. The molecule has 4 unspecified atom stereocenters. The standard InChI is InChI=1S/C20H27ClN4OS/c1-12-8-7-11-17(13(12)2)22-19(26)14(3)27-20-24-23-18(25(20)4)15-9-5-6-10-16(15)21/h5-6,9-10,12-14,17H,7-8,11H2,1-4H3,(H,22,26). The Morgan fingerprint density at radius 3 is 2.78 bits per heavy atom. The van der Waals surface area contributed by atoms with Gasteiger partial charge in [0.15, 0.2) is 11.0 Å². The van der Waals surface area contributed by atoms with Gasteiger partial charge in [0.05, 0.1) is 10.3 Å². The molecule has 7 heteroatoms. The van der Waals surface area contributed by atoms with Crippen LogP contribution in [0.15, 0.2) is 29.4 Å². The van der Waals surface area contributed by atoms with Gasteiger partial charge in [0.1, 0.15) is 0 Å². The normalized spacial score (nSPS) is 23.8. The van der Waals surface area contributed by atoms with Crippen LogP contribution < -0.4 is 5.32 Å². The molecule has 0 bridgehead atoms. The molecule has 1 N–H and O–H groups in total. The SMILES string of the molecule is CC(Sc1nnc(-c2ccccc2Cl)n1C)C(=O)NC1CCCC(C)C1C. The number of hydrogen-bond donors (Lipinski definition) is 1. The van der Waals surface area contributed by atoms with E-state index in [1.165, 1.54) is 24.6 Å². The first-order valence-electron chi connectivity index (χ1n) is 9.49. The second-order valence-corrected chi connectivity index (χ2v) is 9.20. The molecule has 1 heterocycles. The fourth-order valence-electron chi connectivity index (χ4n) is 3.59. The van der Waals surface area contributed by atoms with Crippen molar-refractivity contribution in [1.82, 2.24) is 20.1 Å². The zero-order valence-corrected chi connectivity index (χ0v) is 17.8. The van der Waals surface area contributed by atoms with Crippen LogP contribution in [-0.4, -0.2) is 32.0 Å². The van der Waals surface area contributed by atoms with Gasteiger partial charge in [-0.25, -0.2) is 0 Å². The Bertz CT molecular complexity index is 809. The Hall–Kier alpha value is -1.53. The third-order valence-electron chi connectivity index (χ3n) is 5.64. The first-order valence-corrected chi connectivity index (χ1v) is 10.8. The van der Waals surface area contributed by atoms with Crippen molar-refractivity contribution in [2.45, 2.75) is 56.5 Å². The average molecular weight is 407 g/mol. The quantitative estimate of drug-likeness (QED) is 0.739. The Balaban J connectivity index is 1.67. The molecule has 0 radical (unpaired) electrons. The van der Waals surface area contributed by atoms with Crippen molar-refractivity contribution in [3.63, 3.8) is 0 Å². The van der Waals surface area contributed by atoms with Crippen LogP contribution in [0.2, 0.25) is 5.02 Å². The van der Waals surface area contributed by atoms with Crippen LogP contribution in [-0.2, 0) is 11.8 Å². The van der Waals surface area contributed by atoms with Gasteiger partial charge in [-0.1, -0.05) is 62.2 Å². The summed E-state index contributed by atoms with van der Waals surface area (Å²) in [6.45, 7) is 6.43. The number of amides is 1. The lowest BCUT2D eigenvalue weighted by molar-refractivity contribution is -0.121. The minimum absolute atomic E-state index is 0.0632. The van der Waals surface area contributed by atoms with Crippen molar-refractivity contribution < 1.29 is 4.79 Å². The predicted octanol–water partition coefficient (Wildman–Crippen LogP) is 4.56. The lowest BCUT2D eigenvalue weighted by Gasteiger charge is -2.35. The second-order valence-electron chi connectivity index (χ2n) is 7.49. The first kappa shape index (κ1) is 20.2. The first-order chi connectivity index (χ1) is 12.9. The van der Waals surface area contributed by atoms with Gasteiger partial charge in [-0.15, -0.1) is 10.2 Å². The maximum Gasteiger partial charge on any atom is 0.233 e. The molecule has 1 aliphatic carbocycles. The summed E-state index contributed by atoms with van der Waals surface area (Å²) in [6.07, 6.45) is 3.50. The average Bonchev–Trinajstić information content (AvgIpc) is 3.00. The molecule has 4 atom stereocenters. The molecule has 1 aromatic carbocycles. The topological polar surface area (TPSA) is 59.8 Å². The molecular formula is C20H27ClN4OS. The molecule has 1 aliphatic rings. The van der Waals surface area contributed by atoms with E-state index in [-0.39, 0.29) is 17.2 Å². The van der Waals surface area contributed by atoms with E-state index in [2.05, 4.69) is 29.4 Å². The molecule has 1 aromatic heterocycles. The Morgan fingerprint density at radius 1 is 1.30 bits per heavy atom. The van der Waals surface area contributed by atoms with Crippen LogP contribution in [0.3, 0.4) is 0 Å². The Morgan fingerprint density at radius 2 is 2.04 bits per heavy atom. The summed E-state index contributed by atoms with van der Waals surface area (Å²) in [5, 5.41) is 12.9. The highest BCUT2D eigenvalue weighted by Gasteiger charge is 2.30. The van der Waals surface area contributed by atoms with Crippen LogP contribution >= 0.6 is 23.4 Å². The van der Waals surface area contributed by atoms with Crippen molar-refractivity contribution in [1.29, 1.82) is 0 Å². The van der Waals surface area contributed by atoms with Crippen molar-refractivity contribution in [2.75, 3.05) is 0 Å². The molecule has 2 aromatic rings. The van der Waals surface area contributed by atoms with E-state index >= 15 is 0 Å². The van der Waals surface area contributed by atoms with Crippen LogP contribution in [0.25, 0.3) is 11.4 Å². The number of nitrogens with one attached hydrogen (secondary N) is 1. The summed E-state index contributed by atoms with van der Waals surface area (Å²) in [5.41, 5.74) is 0.836. The number of benzene rings is 1. The summed E-state index contributed by atoms with van der Waals surface area (Å²) >= 11 is 7.70. The predicted molar refractivity (Wildman–Crippen MR) is 111 cm³/mol. The van der Waals surface area contributed by atoms with E-state index in [9.17, 15) is 4.79 Å². The van der Waals surface area contributed by atoms with E-state index in [1.807, 2.05) is 42.8 Å². The molecule has 1 fully saturated rings. The van der Waals surface area contributed by atoms with Crippen molar-refractivity contribution >= 4 is 29.3 Å². The van der Waals surface area contributed by atoms with Gasteiger partial charge in [0.25, 0.3) is 0 Å². The van der Waals surface area contributed by atoms with Crippen LogP contribution in [0, 0.1) is 11.8 Å². The number of thioether (sulfide) groups is 1. The van der Waals surface area contributed by atoms with Crippen molar-refractivity contribution in [3.05, 3.63) is 29.3 Å². The van der Waals surface area contributed by atoms with Gasteiger partial charge in [0, 0.05) is 18.7 Å². The lowest BCUT2D eigenvalue weighted by Crippen LogP contribution is -2.46. The summed E-state index contributed by atoms with van der Waals surface area (Å²) in [4.78, 5) is 12.7. The summed E-state index contributed by atoms with van der Waals surface area (Å²) in [6, 6.07) is 7.83. The molecular weight excluding hydrogens is 380 g/mol. The minimum Gasteiger partial charge on any atom is -0.352 e. The molecule has 1 amide bonds. The largest absolute Gasteiger partial charge is 0.352 e. The smallest absolute Gasteiger partial charge is 0.233 e. The second kappa shape index (κ2) is 8.65. The maximum atomic E-state index is 12.7. The molecule has 146 valence electrons. The molecule has 27 heavy (non-hydrogen) atoms. The lowest BCUT2D eigenvalue weighted by atomic mass is 9.78. The zero-order valence-electron chi connectivity index (χ0n) is 16.3. The van der Waals surface area contributed by atoms with Gasteiger partial charge < -0.3 is 9.88 Å². The van der Waals surface area contributed by atoms with Gasteiger partial charge >= 0.3 is 0 Å². The van der Waals surface area contributed by atoms with Crippen molar-refractivity contribution in [2.24, 2.45) is 18.9 Å². The number of hydrogen-bond acceptors (Lipinski definition) is 4. The minimum atomic E-state index is -0.239. The fourth-order valence-corrected chi connectivity index (χ4v) is 4.64.